The Hall–Kier alpha value is -0.940. The Bertz CT molecular complexity index is 407. The molecule has 0 radical (unpaired) electrons. The van der Waals surface area contributed by atoms with Gasteiger partial charge in [-0.15, -0.1) is 0 Å². The van der Waals surface area contributed by atoms with E-state index in [1.54, 1.807) is 4.90 Å². The Morgan fingerprint density at radius 1 is 1.50 bits per heavy atom. The molecule has 4 nitrogen and oxygen atoms in total. The third kappa shape index (κ3) is 2.41. The molecule has 16 heavy (non-hydrogen) atoms. The number of hydrogen-bond acceptors (Lipinski definition) is 4. The van der Waals surface area contributed by atoms with Crippen LogP contribution in [0.2, 0.25) is 5.15 Å². The van der Waals surface area contributed by atoms with Gasteiger partial charge in [-0.3, -0.25) is 4.79 Å². The van der Waals surface area contributed by atoms with Crippen molar-refractivity contribution >= 4 is 35.0 Å². The van der Waals surface area contributed by atoms with Crippen molar-refractivity contribution < 1.29 is 4.79 Å². The van der Waals surface area contributed by atoms with Gasteiger partial charge in [-0.2, -0.15) is 11.8 Å². The van der Waals surface area contributed by atoms with Gasteiger partial charge in [0.2, 0.25) is 0 Å². The summed E-state index contributed by atoms with van der Waals surface area (Å²) in [6.45, 7) is 1.53. The molecule has 0 spiro atoms. The number of aromatic nitrogens is 1. The van der Waals surface area contributed by atoms with Crippen LogP contribution in [0.15, 0.2) is 12.3 Å². The molecule has 2 rings (SSSR count). The lowest BCUT2D eigenvalue weighted by Crippen LogP contribution is -2.38. The van der Waals surface area contributed by atoms with E-state index in [0.29, 0.717) is 16.4 Å². The number of carbonyl (C=O) groups is 1. The van der Waals surface area contributed by atoms with E-state index in [4.69, 9.17) is 17.3 Å². The molecule has 0 aliphatic carbocycles. The van der Waals surface area contributed by atoms with Crippen molar-refractivity contribution in [2.24, 2.45) is 0 Å². The Kier molecular flexibility index (Phi) is 3.56. The molecule has 1 fully saturated rings. The number of amides is 1. The molecule has 2 N–H and O–H groups in total. The molecule has 1 amide bonds. The minimum Gasteiger partial charge on any atom is -0.397 e. The summed E-state index contributed by atoms with van der Waals surface area (Å²) in [4.78, 5) is 17.8. The van der Waals surface area contributed by atoms with Crippen LogP contribution in [0.1, 0.15) is 10.4 Å². The molecule has 2 heterocycles. The second kappa shape index (κ2) is 4.93. The average molecular weight is 258 g/mol. The first-order chi connectivity index (χ1) is 7.68. The number of thioether (sulfide) groups is 1. The number of pyridine rings is 1. The third-order valence-corrected chi connectivity index (χ3v) is 3.58. The summed E-state index contributed by atoms with van der Waals surface area (Å²) in [5.41, 5.74) is 6.56. The molecule has 0 atom stereocenters. The number of halogens is 1. The minimum atomic E-state index is -0.0536. The third-order valence-electron chi connectivity index (χ3n) is 2.43. The molecule has 0 unspecified atom stereocenters. The Morgan fingerprint density at radius 2 is 2.19 bits per heavy atom. The Balaban J connectivity index is 2.22. The fourth-order valence-corrected chi connectivity index (χ4v) is 2.62. The summed E-state index contributed by atoms with van der Waals surface area (Å²) in [6.07, 6.45) is 1.42. The maximum atomic E-state index is 12.1. The highest BCUT2D eigenvalue weighted by Crippen LogP contribution is 2.19. The van der Waals surface area contributed by atoms with Crippen LogP contribution in [-0.2, 0) is 0 Å². The molecule has 0 saturated carbocycles. The molecule has 6 heteroatoms. The first-order valence-corrected chi connectivity index (χ1v) is 6.50. The summed E-state index contributed by atoms with van der Waals surface area (Å²) in [5.74, 6) is 1.90. The molecule has 1 saturated heterocycles. The molecular formula is C10H12ClN3OS. The predicted octanol–water partition coefficient (Wildman–Crippen LogP) is 1.51. The van der Waals surface area contributed by atoms with Gasteiger partial charge < -0.3 is 10.6 Å². The molecule has 1 aromatic heterocycles. The topological polar surface area (TPSA) is 59.2 Å². The molecule has 0 aromatic carbocycles. The van der Waals surface area contributed by atoms with Crippen LogP contribution in [0.4, 0.5) is 5.69 Å². The summed E-state index contributed by atoms with van der Waals surface area (Å²) in [7, 11) is 0. The number of carbonyl (C=O) groups excluding carboxylic acids is 1. The zero-order valence-corrected chi connectivity index (χ0v) is 10.2. The van der Waals surface area contributed by atoms with Crippen molar-refractivity contribution in [1.82, 2.24) is 9.88 Å². The first-order valence-electron chi connectivity index (χ1n) is 4.96. The molecular weight excluding hydrogens is 246 g/mol. The number of nitrogens with zero attached hydrogens (tertiary/aromatic N) is 2. The lowest BCUT2D eigenvalue weighted by molar-refractivity contribution is 0.0773. The molecule has 0 bridgehead atoms. The van der Waals surface area contributed by atoms with E-state index in [1.807, 2.05) is 11.8 Å². The van der Waals surface area contributed by atoms with Crippen LogP contribution < -0.4 is 5.73 Å². The monoisotopic (exact) mass is 257 g/mol. The van der Waals surface area contributed by atoms with E-state index < -0.39 is 0 Å². The molecule has 1 aromatic rings. The van der Waals surface area contributed by atoms with Crippen LogP contribution in [0, 0.1) is 0 Å². The van der Waals surface area contributed by atoms with Crippen LogP contribution >= 0.6 is 23.4 Å². The lowest BCUT2D eigenvalue weighted by Gasteiger charge is -2.26. The summed E-state index contributed by atoms with van der Waals surface area (Å²) in [6, 6.07) is 1.53. The number of nitrogens with two attached hydrogens (primary N) is 1. The number of anilines is 1. The summed E-state index contributed by atoms with van der Waals surface area (Å²) in [5, 5.41) is 0.295. The SMILES string of the molecule is Nc1cnc(Cl)cc1C(=O)N1CCSCC1. The minimum absolute atomic E-state index is 0.0536. The van der Waals surface area contributed by atoms with Crippen molar-refractivity contribution in [1.29, 1.82) is 0 Å². The van der Waals surface area contributed by atoms with E-state index in [1.165, 1.54) is 12.3 Å². The average Bonchev–Trinajstić information content (AvgIpc) is 2.32. The van der Waals surface area contributed by atoms with Crippen molar-refractivity contribution in [3.8, 4) is 0 Å². The van der Waals surface area contributed by atoms with Gasteiger partial charge in [0, 0.05) is 24.6 Å². The van der Waals surface area contributed by atoms with Gasteiger partial charge in [0.1, 0.15) is 5.15 Å². The van der Waals surface area contributed by atoms with Crippen molar-refractivity contribution in [3.05, 3.63) is 23.0 Å². The largest absolute Gasteiger partial charge is 0.397 e. The van der Waals surface area contributed by atoms with Crippen LogP contribution in [0.25, 0.3) is 0 Å². The Labute approximate surface area is 103 Å². The van der Waals surface area contributed by atoms with E-state index in [-0.39, 0.29) is 5.91 Å². The maximum absolute atomic E-state index is 12.1. The normalized spacial score (nSPS) is 16.2. The molecule has 1 aliphatic heterocycles. The van der Waals surface area contributed by atoms with Crippen molar-refractivity contribution in [2.45, 2.75) is 0 Å². The van der Waals surface area contributed by atoms with Gasteiger partial charge in [-0.05, 0) is 6.07 Å². The van der Waals surface area contributed by atoms with Crippen molar-refractivity contribution in [2.75, 3.05) is 30.3 Å². The van der Waals surface area contributed by atoms with Crippen LogP contribution in [0.5, 0.6) is 0 Å². The van der Waals surface area contributed by atoms with Crippen LogP contribution in [-0.4, -0.2) is 40.4 Å². The highest BCUT2D eigenvalue weighted by molar-refractivity contribution is 7.99. The highest BCUT2D eigenvalue weighted by Gasteiger charge is 2.20. The second-order valence-corrected chi connectivity index (χ2v) is 5.11. The Morgan fingerprint density at radius 3 is 2.88 bits per heavy atom. The van der Waals surface area contributed by atoms with Gasteiger partial charge in [-0.1, -0.05) is 11.6 Å². The van der Waals surface area contributed by atoms with Gasteiger partial charge in [0.05, 0.1) is 17.4 Å². The fraction of sp³-hybridized carbons (Fsp3) is 0.400. The number of nitrogen functional groups attached to an aromatic ring is 1. The van der Waals surface area contributed by atoms with E-state index in [2.05, 4.69) is 4.98 Å². The van der Waals surface area contributed by atoms with Gasteiger partial charge in [-0.25, -0.2) is 4.98 Å². The fourth-order valence-electron chi connectivity index (χ4n) is 1.56. The van der Waals surface area contributed by atoms with Gasteiger partial charge >= 0.3 is 0 Å². The van der Waals surface area contributed by atoms with Gasteiger partial charge in [0.25, 0.3) is 5.91 Å². The number of hydrogen-bond donors (Lipinski definition) is 1. The first kappa shape index (κ1) is 11.5. The van der Waals surface area contributed by atoms with Gasteiger partial charge in [0.15, 0.2) is 0 Å². The predicted molar refractivity (Wildman–Crippen MR) is 66.9 cm³/mol. The van der Waals surface area contributed by atoms with Crippen LogP contribution in [0.3, 0.4) is 0 Å². The van der Waals surface area contributed by atoms with Crippen molar-refractivity contribution in [3.63, 3.8) is 0 Å². The molecule has 1 aliphatic rings. The van der Waals surface area contributed by atoms with E-state index >= 15 is 0 Å². The lowest BCUT2D eigenvalue weighted by atomic mass is 10.2. The van der Waals surface area contributed by atoms with E-state index in [9.17, 15) is 4.79 Å². The summed E-state index contributed by atoms with van der Waals surface area (Å²) >= 11 is 7.61. The standard InChI is InChI=1S/C10H12ClN3OS/c11-9-5-7(8(12)6-13-9)10(15)14-1-3-16-4-2-14/h5-6H,1-4,12H2. The second-order valence-electron chi connectivity index (χ2n) is 3.50. The quantitative estimate of drug-likeness (QED) is 0.775. The molecule has 86 valence electrons. The zero-order valence-electron chi connectivity index (χ0n) is 8.65. The number of rotatable bonds is 1. The maximum Gasteiger partial charge on any atom is 0.256 e. The zero-order chi connectivity index (χ0) is 11.5. The summed E-state index contributed by atoms with van der Waals surface area (Å²) < 4.78 is 0. The smallest absolute Gasteiger partial charge is 0.256 e. The van der Waals surface area contributed by atoms with E-state index in [0.717, 1.165) is 24.6 Å². The highest BCUT2D eigenvalue weighted by atomic mass is 35.5.